The molecule has 3 nitrogen and oxygen atoms in total. The molecule has 98 valence electrons. The van der Waals surface area contributed by atoms with Crippen molar-refractivity contribution in [1.29, 1.82) is 0 Å². The normalized spacial score (nSPS) is 27.9. The van der Waals surface area contributed by atoms with Crippen LogP contribution in [0.25, 0.3) is 0 Å². The lowest BCUT2D eigenvalue weighted by Gasteiger charge is -2.29. The molecule has 1 heterocycles. The van der Waals surface area contributed by atoms with Crippen LogP contribution < -0.4 is 10.6 Å². The van der Waals surface area contributed by atoms with Gasteiger partial charge in [0.25, 0.3) is 0 Å². The minimum absolute atomic E-state index is 0.0315. The van der Waals surface area contributed by atoms with Gasteiger partial charge in [-0.2, -0.15) is 11.8 Å². The minimum atomic E-state index is 0.0315. The van der Waals surface area contributed by atoms with E-state index >= 15 is 0 Å². The van der Waals surface area contributed by atoms with E-state index in [1.54, 1.807) is 0 Å². The number of thioether (sulfide) groups is 1. The molecule has 2 N–H and O–H groups in total. The zero-order valence-corrected chi connectivity index (χ0v) is 11.6. The Hall–Kier alpha value is -0.220. The van der Waals surface area contributed by atoms with Crippen LogP contribution in [0.15, 0.2) is 0 Å². The monoisotopic (exact) mass is 256 g/mol. The van der Waals surface area contributed by atoms with Gasteiger partial charge in [0, 0.05) is 24.6 Å². The summed E-state index contributed by atoms with van der Waals surface area (Å²) in [5.74, 6) is 2.25. The van der Waals surface area contributed by atoms with Crippen molar-refractivity contribution >= 4 is 17.7 Å². The van der Waals surface area contributed by atoms with E-state index < -0.39 is 0 Å². The SMILES string of the molecule is CCC1(CNC(=O)C2CSCCN2)CCCC1. The maximum atomic E-state index is 12.0. The van der Waals surface area contributed by atoms with E-state index in [-0.39, 0.29) is 11.9 Å². The first kappa shape index (κ1) is 13.2. The molecular formula is C13H24N2OS. The lowest BCUT2D eigenvalue weighted by atomic mass is 9.83. The van der Waals surface area contributed by atoms with Crippen molar-refractivity contribution in [3.05, 3.63) is 0 Å². The van der Waals surface area contributed by atoms with Crippen LogP contribution in [0.5, 0.6) is 0 Å². The van der Waals surface area contributed by atoms with Crippen molar-refractivity contribution in [2.24, 2.45) is 5.41 Å². The molecule has 1 unspecified atom stereocenters. The Bertz CT molecular complexity index is 258. The van der Waals surface area contributed by atoms with Crippen LogP contribution in [0.2, 0.25) is 0 Å². The Kier molecular flexibility index (Phi) is 4.74. The lowest BCUT2D eigenvalue weighted by molar-refractivity contribution is -0.123. The first-order valence-electron chi connectivity index (χ1n) is 6.85. The zero-order valence-electron chi connectivity index (χ0n) is 10.8. The van der Waals surface area contributed by atoms with E-state index in [4.69, 9.17) is 0 Å². The number of carbonyl (C=O) groups excluding carboxylic acids is 1. The summed E-state index contributed by atoms with van der Waals surface area (Å²) in [6.07, 6.45) is 6.44. The standard InChI is InChI=1S/C13H24N2OS/c1-2-13(5-3-4-6-13)10-15-12(16)11-9-17-8-7-14-11/h11,14H,2-10H2,1H3,(H,15,16). The van der Waals surface area contributed by atoms with Crippen LogP contribution in [0.4, 0.5) is 0 Å². The summed E-state index contributed by atoms with van der Waals surface area (Å²) < 4.78 is 0. The van der Waals surface area contributed by atoms with Crippen molar-refractivity contribution in [1.82, 2.24) is 10.6 Å². The highest BCUT2D eigenvalue weighted by Crippen LogP contribution is 2.40. The van der Waals surface area contributed by atoms with E-state index in [9.17, 15) is 4.79 Å². The summed E-state index contributed by atoms with van der Waals surface area (Å²) in [6, 6.07) is 0.0315. The third kappa shape index (κ3) is 3.38. The summed E-state index contributed by atoms with van der Waals surface area (Å²) >= 11 is 1.87. The summed E-state index contributed by atoms with van der Waals surface area (Å²) in [4.78, 5) is 12.0. The van der Waals surface area contributed by atoms with Gasteiger partial charge in [0.15, 0.2) is 0 Å². The van der Waals surface area contributed by atoms with Gasteiger partial charge in [0.2, 0.25) is 5.91 Å². The predicted octanol–water partition coefficient (Wildman–Crippen LogP) is 1.78. The molecule has 17 heavy (non-hydrogen) atoms. The Balaban J connectivity index is 1.78. The number of amides is 1. The van der Waals surface area contributed by atoms with Gasteiger partial charge in [0.05, 0.1) is 6.04 Å². The second-order valence-electron chi connectivity index (χ2n) is 5.36. The number of nitrogens with one attached hydrogen (secondary N) is 2. The first-order valence-corrected chi connectivity index (χ1v) is 8.00. The number of rotatable bonds is 4. The largest absolute Gasteiger partial charge is 0.354 e. The van der Waals surface area contributed by atoms with Crippen molar-refractivity contribution in [2.45, 2.75) is 45.1 Å². The average Bonchev–Trinajstić information content (AvgIpc) is 2.86. The van der Waals surface area contributed by atoms with Gasteiger partial charge in [-0.05, 0) is 24.7 Å². The molecule has 1 aliphatic carbocycles. The van der Waals surface area contributed by atoms with Crippen LogP contribution in [-0.2, 0) is 4.79 Å². The molecule has 1 amide bonds. The molecule has 4 heteroatoms. The molecule has 1 saturated carbocycles. The topological polar surface area (TPSA) is 41.1 Å². The van der Waals surface area contributed by atoms with Gasteiger partial charge < -0.3 is 10.6 Å². The van der Waals surface area contributed by atoms with Gasteiger partial charge in [0.1, 0.15) is 0 Å². The van der Waals surface area contributed by atoms with Crippen molar-refractivity contribution in [3.8, 4) is 0 Å². The fraction of sp³-hybridized carbons (Fsp3) is 0.923. The summed E-state index contributed by atoms with van der Waals surface area (Å²) in [5, 5.41) is 6.46. The van der Waals surface area contributed by atoms with Crippen LogP contribution in [0.3, 0.4) is 0 Å². The summed E-state index contributed by atoms with van der Waals surface area (Å²) in [7, 11) is 0. The van der Waals surface area contributed by atoms with Gasteiger partial charge in [-0.1, -0.05) is 19.8 Å². The van der Waals surface area contributed by atoms with Crippen molar-refractivity contribution in [2.75, 3.05) is 24.6 Å². The highest BCUT2D eigenvalue weighted by Gasteiger charge is 2.33. The number of hydrogen-bond donors (Lipinski definition) is 2. The fourth-order valence-corrected chi connectivity index (χ4v) is 3.85. The van der Waals surface area contributed by atoms with E-state index in [0.717, 1.165) is 24.6 Å². The quantitative estimate of drug-likeness (QED) is 0.805. The van der Waals surface area contributed by atoms with Gasteiger partial charge in [-0.3, -0.25) is 4.79 Å². The Morgan fingerprint density at radius 2 is 2.24 bits per heavy atom. The Labute approximate surface area is 108 Å². The van der Waals surface area contributed by atoms with Crippen molar-refractivity contribution < 1.29 is 4.79 Å². The Morgan fingerprint density at radius 1 is 1.47 bits per heavy atom. The highest BCUT2D eigenvalue weighted by molar-refractivity contribution is 7.99. The van der Waals surface area contributed by atoms with E-state index in [1.165, 1.54) is 32.1 Å². The van der Waals surface area contributed by atoms with Crippen LogP contribution in [0, 0.1) is 5.41 Å². The average molecular weight is 256 g/mol. The van der Waals surface area contributed by atoms with E-state index in [1.807, 2.05) is 11.8 Å². The predicted molar refractivity (Wildman–Crippen MR) is 73.3 cm³/mol. The summed E-state index contributed by atoms with van der Waals surface area (Å²) in [5.41, 5.74) is 0.400. The zero-order chi connectivity index (χ0) is 12.1. The molecule has 0 bridgehead atoms. The molecule has 1 aliphatic heterocycles. The molecule has 0 spiro atoms. The molecule has 0 aromatic carbocycles. The second kappa shape index (κ2) is 6.10. The summed E-state index contributed by atoms with van der Waals surface area (Å²) in [6.45, 7) is 4.10. The first-order chi connectivity index (χ1) is 8.26. The molecule has 1 atom stereocenters. The maximum absolute atomic E-state index is 12.0. The van der Waals surface area contributed by atoms with Gasteiger partial charge in [-0.15, -0.1) is 0 Å². The molecule has 2 rings (SSSR count). The molecule has 0 aromatic heterocycles. The molecule has 2 aliphatic rings. The molecule has 0 radical (unpaired) electrons. The minimum Gasteiger partial charge on any atom is -0.354 e. The van der Waals surface area contributed by atoms with E-state index in [0.29, 0.717) is 5.41 Å². The lowest BCUT2D eigenvalue weighted by Crippen LogP contribution is -2.50. The second-order valence-corrected chi connectivity index (χ2v) is 6.51. The van der Waals surface area contributed by atoms with Gasteiger partial charge >= 0.3 is 0 Å². The smallest absolute Gasteiger partial charge is 0.238 e. The Morgan fingerprint density at radius 3 is 2.82 bits per heavy atom. The number of hydrogen-bond acceptors (Lipinski definition) is 3. The molecule has 2 fully saturated rings. The maximum Gasteiger partial charge on any atom is 0.238 e. The van der Waals surface area contributed by atoms with E-state index in [2.05, 4.69) is 17.6 Å². The third-order valence-electron chi connectivity index (χ3n) is 4.29. The third-order valence-corrected chi connectivity index (χ3v) is 5.35. The molecular weight excluding hydrogens is 232 g/mol. The van der Waals surface area contributed by atoms with Crippen molar-refractivity contribution in [3.63, 3.8) is 0 Å². The fourth-order valence-electron chi connectivity index (χ4n) is 2.91. The highest BCUT2D eigenvalue weighted by atomic mass is 32.2. The van der Waals surface area contributed by atoms with Crippen LogP contribution in [-0.4, -0.2) is 36.5 Å². The number of carbonyl (C=O) groups is 1. The van der Waals surface area contributed by atoms with Gasteiger partial charge in [-0.25, -0.2) is 0 Å². The molecule has 1 saturated heterocycles. The van der Waals surface area contributed by atoms with Crippen LogP contribution >= 0.6 is 11.8 Å². The molecule has 0 aromatic rings. The van der Waals surface area contributed by atoms with Crippen LogP contribution in [0.1, 0.15) is 39.0 Å².